The van der Waals surface area contributed by atoms with E-state index in [2.05, 4.69) is 10.5 Å². The van der Waals surface area contributed by atoms with Crippen LogP contribution in [0.4, 0.5) is 0 Å². The Labute approximate surface area is 160 Å². The molecule has 0 fully saturated rings. The van der Waals surface area contributed by atoms with E-state index in [4.69, 9.17) is 14.2 Å². The number of ether oxygens (including phenoxy) is 3. The van der Waals surface area contributed by atoms with Gasteiger partial charge in [-0.3, -0.25) is 4.79 Å². The Balaban J connectivity index is 1.99. The zero-order valence-corrected chi connectivity index (χ0v) is 16.4. The molecule has 0 radical (unpaired) electrons. The molecule has 0 saturated heterocycles. The van der Waals surface area contributed by atoms with Crippen molar-refractivity contribution in [3.05, 3.63) is 53.6 Å². The van der Waals surface area contributed by atoms with Gasteiger partial charge < -0.3 is 14.2 Å². The van der Waals surface area contributed by atoms with E-state index < -0.39 is 6.10 Å². The van der Waals surface area contributed by atoms with E-state index in [-0.39, 0.29) is 5.91 Å². The molecule has 0 aliphatic rings. The molecule has 6 heteroatoms. The van der Waals surface area contributed by atoms with E-state index >= 15 is 0 Å². The largest absolute Gasteiger partial charge is 0.496 e. The second-order valence-electron chi connectivity index (χ2n) is 6.04. The third-order valence-corrected chi connectivity index (χ3v) is 3.90. The Bertz CT molecular complexity index is 800. The molecule has 0 saturated carbocycles. The predicted molar refractivity (Wildman–Crippen MR) is 106 cm³/mol. The van der Waals surface area contributed by atoms with Crippen LogP contribution in [-0.2, 0) is 4.79 Å². The molecule has 2 aromatic rings. The molecule has 1 atom stereocenters. The lowest BCUT2D eigenvalue weighted by molar-refractivity contribution is -0.127. The second kappa shape index (κ2) is 9.62. The Morgan fingerprint density at radius 3 is 2.44 bits per heavy atom. The van der Waals surface area contributed by atoms with Crippen molar-refractivity contribution in [1.29, 1.82) is 0 Å². The summed E-state index contributed by atoms with van der Waals surface area (Å²) >= 11 is 0. The molecule has 2 rings (SSSR count). The highest BCUT2D eigenvalue weighted by atomic mass is 16.5. The standard InChI is InChI=1S/C21H26N2O4/c1-6-26-17-8-10-18(11-9-17)27-16(4)21(24)23-22-15(3)19-13-14(2)7-12-20(19)25-5/h7-13,16H,6H2,1-5H3,(H,23,24)/b22-15-/t16-/m0/s1. The van der Waals surface area contributed by atoms with Gasteiger partial charge >= 0.3 is 0 Å². The summed E-state index contributed by atoms with van der Waals surface area (Å²) in [7, 11) is 1.60. The van der Waals surface area contributed by atoms with Crippen molar-refractivity contribution in [3.63, 3.8) is 0 Å². The highest BCUT2D eigenvalue weighted by molar-refractivity contribution is 6.01. The molecule has 6 nitrogen and oxygen atoms in total. The van der Waals surface area contributed by atoms with Crippen LogP contribution in [0.25, 0.3) is 0 Å². The van der Waals surface area contributed by atoms with Gasteiger partial charge in [0.2, 0.25) is 0 Å². The van der Waals surface area contributed by atoms with Gasteiger partial charge in [-0.15, -0.1) is 0 Å². The van der Waals surface area contributed by atoms with Crippen molar-refractivity contribution < 1.29 is 19.0 Å². The molecule has 1 N–H and O–H groups in total. The van der Waals surface area contributed by atoms with Crippen molar-refractivity contribution in [2.45, 2.75) is 33.8 Å². The minimum atomic E-state index is -0.695. The average molecular weight is 370 g/mol. The van der Waals surface area contributed by atoms with Gasteiger partial charge in [0.15, 0.2) is 6.10 Å². The lowest BCUT2D eigenvalue weighted by atomic mass is 10.1. The van der Waals surface area contributed by atoms with Crippen molar-refractivity contribution in [2.75, 3.05) is 13.7 Å². The molecule has 0 heterocycles. The summed E-state index contributed by atoms with van der Waals surface area (Å²) in [5.74, 6) is 1.71. The van der Waals surface area contributed by atoms with E-state index in [9.17, 15) is 4.79 Å². The fraction of sp³-hybridized carbons (Fsp3) is 0.333. The van der Waals surface area contributed by atoms with Crippen molar-refractivity contribution in [3.8, 4) is 17.2 Å². The number of hydrazone groups is 1. The number of carbonyl (C=O) groups is 1. The highest BCUT2D eigenvalue weighted by Gasteiger charge is 2.15. The summed E-state index contributed by atoms with van der Waals surface area (Å²) in [6.07, 6.45) is -0.695. The molecular weight excluding hydrogens is 344 g/mol. The van der Waals surface area contributed by atoms with Crippen molar-refractivity contribution >= 4 is 11.6 Å². The lowest BCUT2D eigenvalue weighted by Gasteiger charge is -2.14. The first-order valence-corrected chi connectivity index (χ1v) is 8.83. The topological polar surface area (TPSA) is 69.2 Å². The van der Waals surface area contributed by atoms with E-state index in [1.54, 1.807) is 38.3 Å². The van der Waals surface area contributed by atoms with E-state index in [0.717, 1.165) is 16.9 Å². The summed E-state index contributed by atoms with van der Waals surface area (Å²) in [6.45, 7) is 7.99. The van der Waals surface area contributed by atoms with Gasteiger partial charge in [0.05, 0.1) is 19.4 Å². The number of nitrogens with zero attached hydrogens (tertiary/aromatic N) is 1. The summed E-state index contributed by atoms with van der Waals surface area (Å²) in [5, 5.41) is 4.18. The minimum absolute atomic E-state index is 0.338. The van der Waals surface area contributed by atoms with E-state index in [1.807, 2.05) is 39.0 Å². The number of carbonyl (C=O) groups excluding carboxylic acids is 1. The molecule has 0 aromatic heterocycles. The Morgan fingerprint density at radius 1 is 1.15 bits per heavy atom. The van der Waals surface area contributed by atoms with Crippen LogP contribution in [0.5, 0.6) is 17.2 Å². The normalized spacial score (nSPS) is 12.3. The second-order valence-corrected chi connectivity index (χ2v) is 6.04. The highest BCUT2D eigenvalue weighted by Crippen LogP contribution is 2.21. The summed E-state index contributed by atoms with van der Waals surface area (Å²) in [4.78, 5) is 12.3. The van der Waals surface area contributed by atoms with Gasteiger partial charge in [0.25, 0.3) is 5.91 Å². The maximum atomic E-state index is 12.3. The predicted octanol–water partition coefficient (Wildman–Crippen LogP) is 3.71. The van der Waals surface area contributed by atoms with Crippen LogP contribution < -0.4 is 19.6 Å². The van der Waals surface area contributed by atoms with Gasteiger partial charge in [0, 0.05) is 5.56 Å². The van der Waals surface area contributed by atoms with Gasteiger partial charge in [-0.05, 0) is 64.1 Å². The molecule has 0 spiro atoms. The lowest BCUT2D eigenvalue weighted by Crippen LogP contribution is -2.34. The number of methoxy groups -OCH3 is 1. The maximum Gasteiger partial charge on any atom is 0.280 e. The summed E-state index contributed by atoms with van der Waals surface area (Å²) in [6, 6.07) is 12.9. The zero-order chi connectivity index (χ0) is 19.8. The number of nitrogens with one attached hydrogen (secondary N) is 1. The molecule has 0 unspecified atom stereocenters. The molecule has 0 bridgehead atoms. The number of benzene rings is 2. The zero-order valence-electron chi connectivity index (χ0n) is 16.4. The monoisotopic (exact) mass is 370 g/mol. The summed E-state index contributed by atoms with van der Waals surface area (Å²) < 4.78 is 16.4. The average Bonchev–Trinajstić information content (AvgIpc) is 2.67. The molecule has 1 amide bonds. The first-order chi connectivity index (χ1) is 12.9. The third kappa shape index (κ3) is 5.74. The minimum Gasteiger partial charge on any atom is -0.496 e. The van der Waals surface area contributed by atoms with Crippen LogP contribution >= 0.6 is 0 Å². The third-order valence-electron chi connectivity index (χ3n) is 3.90. The fourth-order valence-corrected chi connectivity index (χ4v) is 2.43. The van der Waals surface area contributed by atoms with Crippen LogP contribution in [-0.4, -0.2) is 31.4 Å². The van der Waals surface area contributed by atoms with Crippen LogP contribution in [0.15, 0.2) is 47.6 Å². The molecule has 2 aromatic carbocycles. The van der Waals surface area contributed by atoms with Crippen LogP contribution in [0.3, 0.4) is 0 Å². The summed E-state index contributed by atoms with van der Waals surface area (Å²) in [5.41, 5.74) is 5.11. The van der Waals surface area contributed by atoms with E-state index in [1.165, 1.54) is 0 Å². The van der Waals surface area contributed by atoms with E-state index in [0.29, 0.717) is 23.8 Å². The molecule has 0 aliphatic heterocycles. The fourth-order valence-electron chi connectivity index (χ4n) is 2.43. The van der Waals surface area contributed by atoms with Gasteiger partial charge in [-0.1, -0.05) is 11.6 Å². The number of hydrogen-bond donors (Lipinski definition) is 1. The number of hydrogen-bond acceptors (Lipinski definition) is 5. The Hall–Kier alpha value is -3.02. The van der Waals surface area contributed by atoms with Crippen molar-refractivity contribution in [1.82, 2.24) is 5.43 Å². The van der Waals surface area contributed by atoms with Gasteiger partial charge in [-0.25, -0.2) is 5.43 Å². The number of rotatable bonds is 8. The molecule has 27 heavy (non-hydrogen) atoms. The Morgan fingerprint density at radius 2 is 1.81 bits per heavy atom. The quantitative estimate of drug-likeness (QED) is 0.568. The maximum absolute atomic E-state index is 12.3. The van der Waals surface area contributed by atoms with Gasteiger partial charge in [-0.2, -0.15) is 5.10 Å². The first kappa shape index (κ1) is 20.3. The smallest absolute Gasteiger partial charge is 0.280 e. The van der Waals surface area contributed by atoms with Crippen LogP contribution in [0, 0.1) is 6.92 Å². The SMILES string of the molecule is CCOc1ccc(O[C@@H](C)C(=O)N/N=C(/C)c2cc(C)ccc2OC)cc1. The molecule has 144 valence electrons. The van der Waals surface area contributed by atoms with Crippen molar-refractivity contribution in [2.24, 2.45) is 5.10 Å². The number of aryl methyl sites for hydroxylation is 1. The first-order valence-electron chi connectivity index (χ1n) is 8.83. The van der Waals surface area contributed by atoms with Gasteiger partial charge in [0.1, 0.15) is 17.2 Å². The number of amides is 1. The van der Waals surface area contributed by atoms with Crippen LogP contribution in [0.2, 0.25) is 0 Å². The van der Waals surface area contributed by atoms with Crippen LogP contribution in [0.1, 0.15) is 31.9 Å². The molecular formula is C21H26N2O4. The Kier molecular flexibility index (Phi) is 7.23. The molecule has 0 aliphatic carbocycles.